The Balaban J connectivity index is 2.50. The van der Waals surface area contributed by atoms with Crippen LogP contribution in [-0.2, 0) is 10.9 Å². The fourth-order valence-electron chi connectivity index (χ4n) is 2.20. The highest BCUT2D eigenvalue weighted by molar-refractivity contribution is 5.57. The van der Waals surface area contributed by atoms with Crippen molar-refractivity contribution in [3.63, 3.8) is 0 Å². The van der Waals surface area contributed by atoms with Gasteiger partial charge in [0.25, 0.3) is 5.69 Å². The molecule has 1 aromatic rings. The molecule has 2 rings (SSSR count). The summed E-state index contributed by atoms with van der Waals surface area (Å²) in [6.07, 6.45) is -13.5. The number of rotatable bonds is 2. The Kier molecular flexibility index (Phi) is 4.18. The molecule has 1 saturated heterocycles. The third-order valence-electron chi connectivity index (χ3n) is 3.10. The zero-order chi connectivity index (χ0) is 17.6. The molecular formula is C12H9F6N2O3. The lowest BCUT2D eigenvalue weighted by Gasteiger charge is -2.27. The molecular weight excluding hydrogens is 334 g/mol. The first kappa shape index (κ1) is 17.3. The van der Waals surface area contributed by atoms with Gasteiger partial charge in [0.05, 0.1) is 11.0 Å². The quantitative estimate of drug-likeness (QED) is 0.468. The van der Waals surface area contributed by atoms with Crippen molar-refractivity contribution in [1.82, 2.24) is 0 Å². The normalized spacial score (nSPS) is 22.5. The van der Waals surface area contributed by atoms with E-state index in [1.165, 1.54) is 0 Å². The van der Waals surface area contributed by atoms with Gasteiger partial charge in [0, 0.05) is 18.3 Å². The number of alkyl halides is 6. The number of nitro groups is 1. The van der Waals surface area contributed by atoms with E-state index in [2.05, 4.69) is 11.7 Å². The number of anilines is 1. The highest BCUT2D eigenvalue weighted by Crippen LogP contribution is 2.41. The molecule has 0 N–H and O–H groups in total. The number of hydrogen-bond donors (Lipinski definition) is 0. The molecule has 2 atom stereocenters. The van der Waals surface area contributed by atoms with Crippen molar-refractivity contribution in [2.45, 2.75) is 24.7 Å². The third kappa shape index (κ3) is 3.49. The minimum atomic E-state index is -5.09. The fourth-order valence-corrected chi connectivity index (χ4v) is 2.20. The van der Waals surface area contributed by atoms with Crippen molar-refractivity contribution in [1.29, 1.82) is 0 Å². The molecule has 0 aliphatic carbocycles. The molecule has 0 saturated carbocycles. The van der Waals surface area contributed by atoms with Crippen LogP contribution < -0.4 is 4.90 Å². The maximum absolute atomic E-state index is 12.9. The van der Waals surface area contributed by atoms with E-state index in [-0.39, 0.29) is 0 Å². The first-order valence-electron chi connectivity index (χ1n) is 6.09. The van der Waals surface area contributed by atoms with E-state index in [0.29, 0.717) is 17.0 Å². The summed E-state index contributed by atoms with van der Waals surface area (Å²) >= 11 is 0. The van der Waals surface area contributed by atoms with Crippen LogP contribution in [0.5, 0.6) is 0 Å². The van der Waals surface area contributed by atoms with Gasteiger partial charge in [-0.2, -0.15) is 26.3 Å². The van der Waals surface area contributed by atoms with Crippen LogP contribution in [0.4, 0.5) is 37.7 Å². The van der Waals surface area contributed by atoms with Crippen molar-refractivity contribution in [3.05, 3.63) is 40.8 Å². The van der Waals surface area contributed by atoms with E-state index in [1.807, 2.05) is 0 Å². The number of hydrogen-bond acceptors (Lipinski definition) is 4. The predicted molar refractivity (Wildman–Crippen MR) is 65.5 cm³/mol. The second kappa shape index (κ2) is 5.55. The predicted octanol–water partition coefficient (Wildman–Crippen LogP) is 3.54. The molecule has 23 heavy (non-hydrogen) atoms. The number of benzene rings is 1. The molecule has 0 aromatic heterocycles. The van der Waals surface area contributed by atoms with Gasteiger partial charge in [-0.3, -0.25) is 10.1 Å². The third-order valence-corrected chi connectivity index (χ3v) is 3.10. The van der Waals surface area contributed by atoms with Crippen LogP contribution in [0, 0.1) is 17.0 Å². The van der Waals surface area contributed by atoms with Gasteiger partial charge in [0.15, 0.2) is 0 Å². The average Bonchev–Trinajstić information content (AvgIpc) is 2.79. The topological polar surface area (TPSA) is 55.6 Å². The van der Waals surface area contributed by atoms with Crippen LogP contribution in [0.15, 0.2) is 18.2 Å². The Hall–Kier alpha value is -2.04. The summed E-state index contributed by atoms with van der Waals surface area (Å²) in [6.45, 7) is 2.90. The number of nitro benzene ring substituents is 1. The Labute approximate surface area is 125 Å². The zero-order valence-electron chi connectivity index (χ0n) is 11.2. The summed E-state index contributed by atoms with van der Waals surface area (Å²) in [5.74, 6) is 0. The van der Waals surface area contributed by atoms with Gasteiger partial charge in [0.2, 0.25) is 6.23 Å². The lowest BCUT2D eigenvalue weighted by atomic mass is 10.1. The van der Waals surface area contributed by atoms with Crippen LogP contribution in [0.2, 0.25) is 0 Å². The largest absolute Gasteiger partial charge is 0.433 e. The lowest BCUT2D eigenvalue weighted by molar-refractivity contribution is -0.388. The van der Waals surface area contributed by atoms with Crippen LogP contribution >= 0.6 is 0 Å². The molecule has 11 heteroatoms. The number of ether oxygens (including phenoxy) is 1. The van der Waals surface area contributed by atoms with Crippen molar-refractivity contribution >= 4 is 11.4 Å². The van der Waals surface area contributed by atoms with Crippen LogP contribution in [0.25, 0.3) is 0 Å². The summed E-state index contributed by atoms with van der Waals surface area (Å²) in [7, 11) is 0. The molecule has 1 aromatic carbocycles. The summed E-state index contributed by atoms with van der Waals surface area (Å²) in [6, 6.07) is 1.63. The van der Waals surface area contributed by atoms with Gasteiger partial charge >= 0.3 is 12.4 Å². The van der Waals surface area contributed by atoms with E-state index in [1.54, 1.807) is 0 Å². The molecule has 5 nitrogen and oxygen atoms in total. The molecule has 0 bridgehead atoms. The zero-order valence-corrected chi connectivity index (χ0v) is 11.2. The molecule has 1 fully saturated rings. The summed E-state index contributed by atoms with van der Waals surface area (Å²) in [5, 5.41) is 10.7. The SMILES string of the molecule is [CH2][C@H]1CN(c2ccc([N+](=O)[O-])c(C(F)(F)F)c2)[C@H](C(F)(F)F)O1. The smallest absolute Gasteiger partial charge is 0.345 e. The maximum Gasteiger partial charge on any atom is 0.433 e. The Morgan fingerprint density at radius 3 is 2.35 bits per heavy atom. The highest BCUT2D eigenvalue weighted by atomic mass is 19.4. The standard InChI is InChI=1S/C12H9F6N2O3/c1-6-5-19(10(23-6)12(16,17)18)7-2-3-9(20(21)22)8(4-7)11(13,14)15/h2-4,6,10H,1,5H2/t6-,10-/m0/s1. The van der Waals surface area contributed by atoms with Gasteiger partial charge in [-0.15, -0.1) is 0 Å². The molecule has 127 valence electrons. The summed E-state index contributed by atoms with van der Waals surface area (Å²) in [4.78, 5) is 9.94. The summed E-state index contributed by atoms with van der Waals surface area (Å²) in [5.41, 5.74) is -3.36. The van der Waals surface area contributed by atoms with Gasteiger partial charge in [-0.1, -0.05) is 0 Å². The molecule has 1 radical (unpaired) electrons. The molecule has 1 aliphatic heterocycles. The van der Waals surface area contributed by atoms with Crippen LogP contribution in [0.1, 0.15) is 5.56 Å². The first-order chi connectivity index (χ1) is 10.4. The molecule has 1 heterocycles. The van der Waals surface area contributed by atoms with Crippen molar-refractivity contribution in [2.24, 2.45) is 0 Å². The minimum absolute atomic E-state index is 0.304. The van der Waals surface area contributed by atoms with E-state index in [0.717, 1.165) is 6.07 Å². The Morgan fingerprint density at radius 2 is 1.87 bits per heavy atom. The molecule has 1 aliphatic rings. The van der Waals surface area contributed by atoms with Crippen molar-refractivity contribution in [3.8, 4) is 0 Å². The first-order valence-corrected chi connectivity index (χ1v) is 6.09. The van der Waals surface area contributed by atoms with E-state index in [4.69, 9.17) is 0 Å². The average molecular weight is 343 g/mol. The second-order valence-electron chi connectivity index (χ2n) is 4.76. The Bertz CT molecular complexity index is 616. The van der Waals surface area contributed by atoms with Crippen LogP contribution in [0.3, 0.4) is 0 Å². The maximum atomic E-state index is 12.9. The monoisotopic (exact) mass is 343 g/mol. The number of halogens is 6. The van der Waals surface area contributed by atoms with Gasteiger partial charge in [-0.25, -0.2) is 0 Å². The van der Waals surface area contributed by atoms with Gasteiger partial charge in [0.1, 0.15) is 5.56 Å². The Morgan fingerprint density at radius 1 is 1.26 bits per heavy atom. The number of nitrogens with zero attached hydrogens (tertiary/aromatic N) is 2. The van der Waals surface area contributed by atoms with Crippen LogP contribution in [-0.4, -0.2) is 30.0 Å². The van der Waals surface area contributed by atoms with E-state index >= 15 is 0 Å². The van der Waals surface area contributed by atoms with Gasteiger partial charge in [-0.05, 0) is 19.1 Å². The molecule has 0 unspecified atom stereocenters. The van der Waals surface area contributed by atoms with E-state index < -0.39 is 53.1 Å². The lowest BCUT2D eigenvalue weighted by Crippen LogP contribution is -2.42. The minimum Gasteiger partial charge on any atom is -0.345 e. The molecule has 0 amide bonds. The van der Waals surface area contributed by atoms with Gasteiger partial charge < -0.3 is 9.64 Å². The van der Waals surface area contributed by atoms with Crippen molar-refractivity contribution in [2.75, 3.05) is 11.4 Å². The fraction of sp³-hybridized carbons (Fsp3) is 0.417. The molecule has 0 spiro atoms. The second-order valence-corrected chi connectivity index (χ2v) is 4.76. The van der Waals surface area contributed by atoms with Crippen molar-refractivity contribution < 1.29 is 36.0 Å². The summed E-state index contributed by atoms with van der Waals surface area (Å²) < 4.78 is 81.9. The van der Waals surface area contributed by atoms with E-state index in [9.17, 15) is 36.5 Å². The highest BCUT2D eigenvalue weighted by Gasteiger charge is 2.50.